The Kier molecular flexibility index (Phi) is 3.59. The summed E-state index contributed by atoms with van der Waals surface area (Å²) in [6.07, 6.45) is 5.05. The molecule has 0 saturated heterocycles. The number of pyridine rings is 1. The van der Waals surface area contributed by atoms with Gasteiger partial charge in [-0.3, -0.25) is 0 Å². The summed E-state index contributed by atoms with van der Waals surface area (Å²) in [5, 5.41) is 7.20. The summed E-state index contributed by atoms with van der Waals surface area (Å²) >= 11 is 5.99. The van der Waals surface area contributed by atoms with E-state index in [1.165, 1.54) is 5.57 Å². The summed E-state index contributed by atoms with van der Waals surface area (Å²) in [6.45, 7) is 2.86. The van der Waals surface area contributed by atoms with Gasteiger partial charge in [0.15, 0.2) is 0 Å². The summed E-state index contributed by atoms with van der Waals surface area (Å²) in [6, 6.07) is 3.67. The zero-order valence-corrected chi connectivity index (χ0v) is 9.22. The highest BCUT2D eigenvalue weighted by Gasteiger charge is 2.04. The zero-order valence-electron chi connectivity index (χ0n) is 8.46. The van der Waals surface area contributed by atoms with Gasteiger partial charge in [-0.05, 0) is 25.1 Å². The molecule has 2 heterocycles. The van der Waals surface area contributed by atoms with E-state index in [0.717, 1.165) is 31.9 Å². The first-order valence-electron chi connectivity index (χ1n) is 5.09. The van der Waals surface area contributed by atoms with E-state index in [1.54, 1.807) is 6.20 Å². The molecule has 1 aromatic heterocycles. The molecule has 1 aromatic rings. The van der Waals surface area contributed by atoms with Crippen LogP contribution in [-0.4, -0.2) is 24.6 Å². The van der Waals surface area contributed by atoms with Crippen molar-refractivity contribution in [3.63, 3.8) is 0 Å². The minimum atomic E-state index is 0.673. The molecule has 0 saturated carbocycles. The molecule has 0 atom stereocenters. The number of halogens is 1. The predicted molar refractivity (Wildman–Crippen MR) is 63.3 cm³/mol. The van der Waals surface area contributed by atoms with E-state index in [4.69, 9.17) is 11.6 Å². The molecule has 0 spiro atoms. The van der Waals surface area contributed by atoms with Gasteiger partial charge in [0.1, 0.15) is 5.82 Å². The lowest BCUT2D eigenvalue weighted by atomic mass is 10.1. The van der Waals surface area contributed by atoms with Crippen molar-refractivity contribution in [2.75, 3.05) is 25.0 Å². The van der Waals surface area contributed by atoms with Crippen molar-refractivity contribution < 1.29 is 0 Å². The molecule has 4 heteroatoms. The predicted octanol–water partition coefficient (Wildman–Crippen LogP) is 2.07. The third-order valence-electron chi connectivity index (χ3n) is 2.40. The van der Waals surface area contributed by atoms with Crippen molar-refractivity contribution in [2.45, 2.75) is 6.42 Å². The Morgan fingerprint density at radius 1 is 1.53 bits per heavy atom. The molecule has 0 aromatic carbocycles. The number of aromatic nitrogens is 1. The van der Waals surface area contributed by atoms with Gasteiger partial charge in [0, 0.05) is 19.3 Å². The molecule has 0 amide bonds. The van der Waals surface area contributed by atoms with Gasteiger partial charge in [-0.25, -0.2) is 4.98 Å². The Hall–Kier alpha value is -1.06. The fourth-order valence-electron chi connectivity index (χ4n) is 1.54. The van der Waals surface area contributed by atoms with E-state index in [2.05, 4.69) is 21.7 Å². The number of rotatable bonds is 3. The van der Waals surface area contributed by atoms with Crippen LogP contribution >= 0.6 is 11.6 Å². The Bertz CT molecular complexity index is 363. The lowest BCUT2D eigenvalue weighted by Crippen LogP contribution is -2.23. The Labute approximate surface area is 94.5 Å². The lowest BCUT2D eigenvalue weighted by molar-refractivity contribution is 0.698. The first-order chi connectivity index (χ1) is 7.36. The smallest absolute Gasteiger partial charge is 0.145 e. The van der Waals surface area contributed by atoms with E-state index in [9.17, 15) is 0 Å². The van der Waals surface area contributed by atoms with Gasteiger partial charge in [-0.2, -0.15) is 0 Å². The molecule has 2 rings (SSSR count). The van der Waals surface area contributed by atoms with Crippen LogP contribution in [0.3, 0.4) is 0 Å². The van der Waals surface area contributed by atoms with E-state index < -0.39 is 0 Å². The number of anilines is 1. The number of nitrogens with one attached hydrogen (secondary N) is 2. The third kappa shape index (κ3) is 2.94. The maximum absolute atomic E-state index is 5.99. The minimum absolute atomic E-state index is 0.673. The van der Waals surface area contributed by atoms with Gasteiger partial charge in [-0.1, -0.05) is 23.3 Å². The van der Waals surface area contributed by atoms with Gasteiger partial charge >= 0.3 is 0 Å². The van der Waals surface area contributed by atoms with Crippen LogP contribution in [0.4, 0.5) is 5.82 Å². The summed E-state index contributed by atoms with van der Waals surface area (Å²) in [5.41, 5.74) is 1.41. The molecule has 0 aliphatic carbocycles. The molecule has 2 N–H and O–H groups in total. The van der Waals surface area contributed by atoms with Crippen LogP contribution < -0.4 is 10.6 Å². The maximum Gasteiger partial charge on any atom is 0.145 e. The van der Waals surface area contributed by atoms with Crippen molar-refractivity contribution in [3.8, 4) is 0 Å². The summed E-state index contributed by atoms with van der Waals surface area (Å²) < 4.78 is 0. The fourth-order valence-corrected chi connectivity index (χ4v) is 1.73. The lowest BCUT2D eigenvalue weighted by Gasteiger charge is -2.15. The summed E-state index contributed by atoms with van der Waals surface area (Å²) in [5.74, 6) is 0.763. The Morgan fingerprint density at radius 3 is 3.20 bits per heavy atom. The quantitative estimate of drug-likeness (QED) is 0.771. The van der Waals surface area contributed by atoms with Gasteiger partial charge in [-0.15, -0.1) is 0 Å². The van der Waals surface area contributed by atoms with E-state index >= 15 is 0 Å². The van der Waals surface area contributed by atoms with Crippen LogP contribution in [-0.2, 0) is 0 Å². The van der Waals surface area contributed by atoms with Crippen molar-refractivity contribution in [3.05, 3.63) is 35.0 Å². The molecular weight excluding hydrogens is 210 g/mol. The molecule has 0 radical (unpaired) electrons. The molecule has 0 unspecified atom stereocenters. The Balaban J connectivity index is 1.93. The fraction of sp³-hybridized carbons (Fsp3) is 0.364. The molecule has 0 fully saturated rings. The Morgan fingerprint density at radius 2 is 2.47 bits per heavy atom. The normalized spacial score (nSPS) is 15.9. The van der Waals surface area contributed by atoms with Crippen molar-refractivity contribution in [1.82, 2.24) is 10.3 Å². The SMILES string of the molecule is Clc1cccnc1NCC1=CCNCC1. The minimum Gasteiger partial charge on any atom is -0.365 e. The third-order valence-corrected chi connectivity index (χ3v) is 2.70. The van der Waals surface area contributed by atoms with Crippen molar-refractivity contribution in [1.29, 1.82) is 0 Å². The second-order valence-corrected chi connectivity index (χ2v) is 3.91. The van der Waals surface area contributed by atoms with Crippen LogP contribution in [0.1, 0.15) is 6.42 Å². The second-order valence-electron chi connectivity index (χ2n) is 3.50. The van der Waals surface area contributed by atoms with Gasteiger partial charge in [0.05, 0.1) is 5.02 Å². The summed E-state index contributed by atoms with van der Waals surface area (Å²) in [4.78, 5) is 4.18. The zero-order chi connectivity index (χ0) is 10.5. The highest BCUT2D eigenvalue weighted by atomic mass is 35.5. The number of nitrogens with zero attached hydrogens (tertiary/aromatic N) is 1. The van der Waals surface area contributed by atoms with E-state index in [1.807, 2.05) is 12.1 Å². The molecule has 3 nitrogen and oxygen atoms in total. The highest BCUT2D eigenvalue weighted by molar-refractivity contribution is 6.32. The van der Waals surface area contributed by atoms with Crippen LogP contribution in [0, 0.1) is 0 Å². The van der Waals surface area contributed by atoms with E-state index in [0.29, 0.717) is 5.02 Å². The van der Waals surface area contributed by atoms with Crippen LogP contribution in [0.15, 0.2) is 30.0 Å². The molecule has 15 heavy (non-hydrogen) atoms. The van der Waals surface area contributed by atoms with E-state index in [-0.39, 0.29) is 0 Å². The van der Waals surface area contributed by atoms with Crippen LogP contribution in [0.25, 0.3) is 0 Å². The summed E-state index contributed by atoms with van der Waals surface area (Å²) in [7, 11) is 0. The first kappa shape index (κ1) is 10.5. The molecular formula is C11H14ClN3. The van der Waals surface area contributed by atoms with Gasteiger partial charge in [0.25, 0.3) is 0 Å². The van der Waals surface area contributed by atoms with Crippen molar-refractivity contribution >= 4 is 17.4 Å². The average Bonchev–Trinajstić information content (AvgIpc) is 2.29. The first-order valence-corrected chi connectivity index (χ1v) is 5.47. The second kappa shape index (κ2) is 5.14. The van der Waals surface area contributed by atoms with Gasteiger partial charge < -0.3 is 10.6 Å². The molecule has 1 aliphatic heterocycles. The number of hydrogen-bond acceptors (Lipinski definition) is 3. The number of hydrogen-bond donors (Lipinski definition) is 2. The van der Waals surface area contributed by atoms with Crippen LogP contribution in [0.2, 0.25) is 5.02 Å². The molecule has 1 aliphatic rings. The average molecular weight is 224 g/mol. The maximum atomic E-state index is 5.99. The molecule has 0 bridgehead atoms. The van der Waals surface area contributed by atoms with Crippen molar-refractivity contribution in [2.24, 2.45) is 0 Å². The van der Waals surface area contributed by atoms with Gasteiger partial charge in [0.2, 0.25) is 0 Å². The standard InChI is InChI=1S/C11H14ClN3/c12-10-2-1-5-14-11(10)15-8-9-3-6-13-7-4-9/h1-3,5,13H,4,6-8H2,(H,14,15). The topological polar surface area (TPSA) is 37.0 Å². The largest absolute Gasteiger partial charge is 0.365 e. The monoisotopic (exact) mass is 223 g/mol. The van der Waals surface area contributed by atoms with Crippen LogP contribution in [0.5, 0.6) is 0 Å². The highest BCUT2D eigenvalue weighted by Crippen LogP contribution is 2.18. The molecule has 80 valence electrons.